The van der Waals surface area contributed by atoms with Crippen molar-refractivity contribution in [1.29, 1.82) is 0 Å². The van der Waals surface area contributed by atoms with Gasteiger partial charge in [0.25, 0.3) is 0 Å². The molecule has 1 aromatic carbocycles. The highest BCUT2D eigenvalue weighted by molar-refractivity contribution is 5.33. The summed E-state index contributed by atoms with van der Waals surface area (Å²) >= 11 is 0. The molecule has 1 aliphatic rings. The molecule has 1 heterocycles. The number of hydrogen-bond donors (Lipinski definition) is 1. The Labute approximate surface area is 97.2 Å². The Morgan fingerprint density at radius 1 is 1.44 bits per heavy atom. The maximum atomic E-state index is 5.69. The monoisotopic (exact) mass is 220 g/mol. The third-order valence-electron chi connectivity index (χ3n) is 3.29. The molecule has 0 spiro atoms. The minimum Gasteiger partial charge on any atom is -0.496 e. The van der Waals surface area contributed by atoms with E-state index >= 15 is 0 Å². The van der Waals surface area contributed by atoms with Crippen LogP contribution < -0.4 is 10.5 Å². The number of hydrogen-bond acceptors (Lipinski definition) is 3. The van der Waals surface area contributed by atoms with Crippen molar-refractivity contribution in [1.82, 2.24) is 4.90 Å². The zero-order chi connectivity index (χ0) is 11.4. The standard InChI is InChI=1S/C13H20N2O/c1-16-13-5-3-2-4-12(13)10-15-7-6-11(8-14)9-15/h2-5,11H,6-10,14H2,1H3. The van der Waals surface area contributed by atoms with Crippen molar-refractivity contribution in [3.63, 3.8) is 0 Å². The topological polar surface area (TPSA) is 38.5 Å². The van der Waals surface area contributed by atoms with E-state index in [-0.39, 0.29) is 0 Å². The lowest BCUT2D eigenvalue weighted by molar-refractivity contribution is 0.309. The zero-order valence-electron chi connectivity index (χ0n) is 9.86. The molecule has 1 unspecified atom stereocenters. The highest BCUT2D eigenvalue weighted by Gasteiger charge is 2.21. The van der Waals surface area contributed by atoms with Crippen LogP contribution >= 0.6 is 0 Å². The number of likely N-dealkylation sites (tertiary alicyclic amines) is 1. The Kier molecular flexibility index (Phi) is 3.80. The SMILES string of the molecule is COc1ccccc1CN1CCC(CN)C1. The minimum absolute atomic E-state index is 0.676. The number of nitrogens with two attached hydrogens (primary N) is 1. The van der Waals surface area contributed by atoms with Gasteiger partial charge in [0.1, 0.15) is 5.75 Å². The molecule has 1 atom stereocenters. The van der Waals surface area contributed by atoms with Gasteiger partial charge in [0.2, 0.25) is 0 Å². The van der Waals surface area contributed by atoms with Crippen molar-refractivity contribution in [2.75, 3.05) is 26.7 Å². The molecule has 16 heavy (non-hydrogen) atoms. The Hall–Kier alpha value is -1.06. The molecule has 0 amide bonds. The van der Waals surface area contributed by atoms with Gasteiger partial charge >= 0.3 is 0 Å². The number of para-hydroxylation sites is 1. The molecule has 0 aromatic heterocycles. The largest absolute Gasteiger partial charge is 0.496 e. The predicted molar refractivity (Wildman–Crippen MR) is 65.4 cm³/mol. The van der Waals surface area contributed by atoms with E-state index in [9.17, 15) is 0 Å². The summed E-state index contributed by atoms with van der Waals surface area (Å²) in [4.78, 5) is 2.45. The number of benzene rings is 1. The predicted octanol–water partition coefficient (Wildman–Crippen LogP) is 1.48. The van der Waals surface area contributed by atoms with Crippen molar-refractivity contribution in [3.05, 3.63) is 29.8 Å². The summed E-state index contributed by atoms with van der Waals surface area (Å²) in [6.45, 7) is 4.05. The average Bonchev–Trinajstić information content (AvgIpc) is 2.77. The van der Waals surface area contributed by atoms with E-state index in [0.717, 1.165) is 31.9 Å². The maximum absolute atomic E-state index is 5.69. The second-order valence-corrected chi connectivity index (χ2v) is 4.44. The van der Waals surface area contributed by atoms with E-state index in [2.05, 4.69) is 17.0 Å². The lowest BCUT2D eigenvalue weighted by Crippen LogP contribution is -2.23. The van der Waals surface area contributed by atoms with Crippen LogP contribution in [0.1, 0.15) is 12.0 Å². The fourth-order valence-corrected chi connectivity index (χ4v) is 2.32. The highest BCUT2D eigenvalue weighted by Crippen LogP contribution is 2.23. The zero-order valence-corrected chi connectivity index (χ0v) is 9.86. The van der Waals surface area contributed by atoms with Crippen molar-refractivity contribution < 1.29 is 4.74 Å². The van der Waals surface area contributed by atoms with Crippen LogP contribution in [-0.2, 0) is 6.54 Å². The van der Waals surface area contributed by atoms with Crippen LogP contribution in [-0.4, -0.2) is 31.6 Å². The summed E-state index contributed by atoms with van der Waals surface area (Å²) < 4.78 is 5.36. The second-order valence-electron chi connectivity index (χ2n) is 4.44. The number of nitrogens with zero attached hydrogens (tertiary/aromatic N) is 1. The molecule has 2 N–H and O–H groups in total. The molecular formula is C13H20N2O. The van der Waals surface area contributed by atoms with Gasteiger partial charge in [0.15, 0.2) is 0 Å². The first-order valence-corrected chi connectivity index (χ1v) is 5.87. The van der Waals surface area contributed by atoms with Crippen LogP contribution in [0, 0.1) is 5.92 Å². The Bertz CT molecular complexity index is 340. The smallest absolute Gasteiger partial charge is 0.123 e. The first-order valence-electron chi connectivity index (χ1n) is 5.87. The molecule has 0 radical (unpaired) electrons. The van der Waals surface area contributed by atoms with E-state index < -0.39 is 0 Å². The molecule has 3 nitrogen and oxygen atoms in total. The van der Waals surface area contributed by atoms with Crippen molar-refractivity contribution >= 4 is 0 Å². The third kappa shape index (κ3) is 2.54. The van der Waals surface area contributed by atoms with E-state index in [4.69, 9.17) is 10.5 Å². The fraction of sp³-hybridized carbons (Fsp3) is 0.538. The van der Waals surface area contributed by atoms with Crippen LogP contribution in [0.4, 0.5) is 0 Å². The first kappa shape index (κ1) is 11.4. The summed E-state index contributed by atoms with van der Waals surface area (Å²) in [6.07, 6.45) is 1.23. The summed E-state index contributed by atoms with van der Waals surface area (Å²) in [7, 11) is 1.73. The summed E-state index contributed by atoms with van der Waals surface area (Å²) in [6, 6.07) is 8.23. The normalized spacial score (nSPS) is 21.2. The molecule has 0 saturated carbocycles. The molecule has 2 rings (SSSR count). The van der Waals surface area contributed by atoms with Crippen molar-refractivity contribution in [2.24, 2.45) is 11.7 Å². The van der Waals surface area contributed by atoms with E-state index in [0.29, 0.717) is 5.92 Å². The Morgan fingerprint density at radius 2 is 2.25 bits per heavy atom. The van der Waals surface area contributed by atoms with E-state index in [1.54, 1.807) is 7.11 Å². The van der Waals surface area contributed by atoms with Gasteiger partial charge in [-0.3, -0.25) is 4.90 Å². The lowest BCUT2D eigenvalue weighted by atomic mass is 10.1. The van der Waals surface area contributed by atoms with E-state index in [1.807, 2.05) is 12.1 Å². The molecule has 1 saturated heterocycles. The molecule has 0 bridgehead atoms. The Morgan fingerprint density at radius 3 is 2.94 bits per heavy atom. The number of ether oxygens (including phenoxy) is 1. The molecule has 1 aliphatic heterocycles. The van der Waals surface area contributed by atoms with Gasteiger partial charge in [-0.2, -0.15) is 0 Å². The second kappa shape index (κ2) is 5.32. The van der Waals surface area contributed by atoms with Crippen LogP contribution in [0.15, 0.2) is 24.3 Å². The first-order chi connectivity index (χ1) is 7.83. The number of methoxy groups -OCH3 is 1. The van der Waals surface area contributed by atoms with Crippen LogP contribution in [0.25, 0.3) is 0 Å². The average molecular weight is 220 g/mol. The molecule has 88 valence electrons. The lowest BCUT2D eigenvalue weighted by Gasteiger charge is -2.17. The molecule has 1 fully saturated rings. The van der Waals surface area contributed by atoms with Gasteiger partial charge < -0.3 is 10.5 Å². The fourth-order valence-electron chi connectivity index (χ4n) is 2.32. The number of rotatable bonds is 4. The Balaban J connectivity index is 1.99. The van der Waals surface area contributed by atoms with Gasteiger partial charge in [-0.05, 0) is 31.5 Å². The van der Waals surface area contributed by atoms with Crippen LogP contribution in [0.2, 0.25) is 0 Å². The maximum Gasteiger partial charge on any atom is 0.123 e. The molecule has 3 heteroatoms. The summed E-state index contributed by atoms with van der Waals surface area (Å²) in [5, 5.41) is 0. The van der Waals surface area contributed by atoms with Gasteiger partial charge in [-0.15, -0.1) is 0 Å². The van der Waals surface area contributed by atoms with E-state index in [1.165, 1.54) is 12.0 Å². The molecule has 1 aromatic rings. The van der Waals surface area contributed by atoms with Gasteiger partial charge in [0, 0.05) is 18.7 Å². The van der Waals surface area contributed by atoms with Crippen molar-refractivity contribution in [3.8, 4) is 5.75 Å². The van der Waals surface area contributed by atoms with Crippen LogP contribution in [0.3, 0.4) is 0 Å². The quantitative estimate of drug-likeness (QED) is 0.835. The van der Waals surface area contributed by atoms with Gasteiger partial charge in [-0.25, -0.2) is 0 Å². The van der Waals surface area contributed by atoms with Crippen molar-refractivity contribution in [2.45, 2.75) is 13.0 Å². The molecule has 0 aliphatic carbocycles. The minimum atomic E-state index is 0.676. The highest BCUT2D eigenvalue weighted by atomic mass is 16.5. The summed E-state index contributed by atoms with van der Waals surface area (Å²) in [5.41, 5.74) is 6.96. The molecular weight excluding hydrogens is 200 g/mol. The van der Waals surface area contributed by atoms with Gasteiger partial charge in [-0.1, -0.05) is 18.2 Å². The third-order valence-corrected chi connectivity index (χ3v) is 3.29. The summed E-state index contributed by atoms with van der Waals surface area (Å²) in [5.74, 6) is 1.66. The van der Waals surface area contributed by atoms with Crippen LogP contribution in [0.5, 0.6) is 5.75 Å². The van der Waals surface area contributed by atoms with Gasteiger partial charge in [0.05, 0.1) is 7.11 Å².